The number of benzene rings is 1. The molecule has 7 nitrogen and oxygen atoms in total. The summed E-state index contributed by atoms with van der Waals surface area (Å²) in [4.78, 5) is 33.1. The molecule has 0 bridgehead atoms. The highest BCUT2D eigenvalue weighted by Gasteiger charge is 2.24. The molecule has 28 heavy (non-hydrogen) atoms. The van der Waals surface area contributed by atoms with E-state index in [2.05, 4.69) is 15.2 Å². The summed E-state index contributed by atoms with van der Waals surface area (Å²) in [7, 11) is 1.66. The number of hydrogen-bond donors (Lipinski definition) is 1. The third-order valence-electron chi connectivity index (χ3n) is 4.77. The molecule has 1 aromatic carbocycles. The molecule has 2 aromatic rings. The van der Waals surface area contributed by atoms with Gasteiger partial charge in [-0.1, -0.05) is 19.1 Å². The summed E-state index contributed by atoms with van der Waals surface area (Å²) in [5, 5.41) is 2.78. The van der Waals surface area contributed by atoms with Crippen molar-refractivity contribution in [2.24, 2.45) is 0 Å². The number of aromatic nitrogens is 1. The lowest BCUT2D eigenvalue weighted by molar-refractivity contribution is 0.0746. The van der Waals surface area contributed by atoms with E-state index >= 15 is 0 Å². The highest BCUT2D eigenvalue weighted by Crippen LogP contribution is 2.28. The van der Waals surface area contributed by atoms with Gasteiger partial charge in [-0.05, 0) is 30.7 Å². The molecule has 3 rings (SSSR count). The largest absolute Gasteiger partial charge is 0.495 e. The van der Waals surface area contributed by atoms with Gasteiger partial charge in [0.05, 0.1) is 12.8 Å². The second-order valence-electron chi connectivity index (χ2n) is 6.64. The third kappa shape index (κ3) is 4.42. The van der Waals surface area contributed by atoms with Crippen LogP contribution in [-0.4, -0.2) is 61.5 Å². The predicted octanol–water partition coefficient (Wildman–Crippen LogP) is 2.19. The molecular formula is C21H26N4O3. The van der Waals surface area contributed by atoms with E-state index in [4.69, 9.17) is 4.74 Å². The number of anilines is 1. The monoisotopic (exact) mass is 382 g/mol. The summed E-state index contributed by atoms with van der Waals surface area (Å²) in [5.74, 6) is 0.503. The molecule has 1 aliphatic heterocycles. The molecule has 0 radical (unpaired) electrons. The molecule has 0 spiro atoms. The van der Waals surface area contributed by atoms with E-state index in [0.29, 0.717) is 25.2 Å². The number of pyridine rings is 1. The van der Waals surface area contributed by atoms with E-state index in [1.165, 1.54) is 6.20 Å². The van der Waals surface area contributed by atoms with Crippen LogP contribution < -0.4 is 15.0 Å². The van der Waals surface area contributed by atoms with Crippen molar-refractivity contribution in [3.05, 3.63) is 53.9 Å². The number of methoxy groups -OCH3 is 1. The van der Waals surface area contributed by atoms with Crippen LogP contribution in [0.4, 0.5) is 5.69 Å². The Morgan fingerprint density at radius 3 is 2.61 bits per heavy atom. The van der Waals surface area contributed by atoms with Crippen LogP contribution >= 0.6 is 0 Å². The normalized spacial score (nSPS) is 13.9. The standard InChI is InChI=1S/C21H26N4O3/c1-3-9-23-20(26)17-15-16(8-10-22-17)21(27)25-13-11-24(12-14-25)18-6-4-5-7-19(18)28-2/h4-8,10,15H,3,9,11-14H2,1-2H3,(H,23,26). The molecule has 1 aromatic heterocycles. The Morgan fingerprint density at radius 2 is 1.89 bits per heavy atom. The lowest BCUT2D eigenvalue weighted by Crippen LogP contribution is -2.49. The number of piperazine rings is 1. The molecule has 0 aliphatic carbocycles. The number of carbonyl (C=O) groups is 2. The van der Waals surface area contributed by atoms with Crippen molar-refractivity contribution in [3.8, 4) is 5.75 Å². The van der Waals surface area contributed by atoms with E-state index < -0.39 is 0 Å². The Bertz CT molecular complexity index is 832. The third-order valence-corrected chi connectivity index (χ3v) is 4.77. The van der Waals surface area contributed by atoms with Crippen molar-refractivity contribution in [3.63, 3.8) is 0 Å². The van der Waals surface area contributed by atoms with Crippen molar-refractivity contribution in [2.75, 3.05) is 44.7 Å². The topological polar surface area (TPSA) is 74.8 Å². The number of rotatable bonds is 6. The molecule has 1 fully saturated rings. The molecule has 0 atom stereocenters. The molecule has 0 unspecified atom stereocenters. The Hall–Kier alpha value is -3.09. The van der Waals surface area contributed by atoms with Crippen LogP contribution in [0.15, 0.2) is 42.6 Å². The number of amides is 2. The molecule has 0 saturated carbocycles. The van der Waals surface area contributed by atoms with Crippen LogP contribution in [-0.2, 0) is 0 Å². The summed E-state index contributed by atoms with van der Waals surface area (Å²) in [6, 6.07) is 11.1. The minimum atomic E-state index is -0.252. The van der Waals surface area contributed by atoms with E-state index in [0.717, 1.165) is 30.9 Å². The van der Waals surface area contributed by atoms with Crippen molar-refractivity contribution in [1.82, 2.24) is 15.2 Å². The van der Waals surface area contributed by atoms with Gasteiger partial charge in [0.25, 0.3) is 11.8 Å². The van der Waals surface area contributed by atoms with Crippen LogP contribution in [0, 0.1) is 0 Å². The first-order valence-electron chi connectivity index (χ1n) is 9.55. The molecule has 7 heteroatoms. The number of ether oxygens (including phenoxy) is 1. The zero-order valence-electron chi connectivity index (χ0n) is 16.4. The molecular weight excluding hydrogens is 356 g/mol. The fourth-order valence-corrected chi connectivity index (χ4v) is 3.24. The van der Waals surface area contributed by atoms with Crippen LogP contribution in [0.3, 0.4) is 0 Å². The highest BCUT2D eigenvalue weighted by atomic mass is 16.5. The zero-order valence-corrected chi connectivity index (χ0v) is 16.4. The molecule has 2 amide bonds. The lowest BCUT2D eigenvalue weighted by Gasteiger charge is -2.36. The van der Waals surface area contributed by atoms with E-state index in [9.17, 15) is 9.59 Å². The van der Waals surface area contributed by atoms with E-state index in [1.54, 1.807) is 19.2 Å². The Balaban J connectivity index is 1.65. The summed E-state index contributed by atoms with van der Waals surface area (Å²) in [6.07, 6.45) is 2.36. The summed E-state index contributed by atoms with van der Waals surface area (Å²) < 4.78 is 5.44. The van der Waals surface area contributed by atoms with Gasteiger partial charge in [0.15, 0.2) is 0 Å². The van der Waals surface area contributed by atoms with E-state index in [1.807, 2.05) is 36.1 Å². The predicted molar refractivity (Wildman–Crippen MR) is 108 cm³/mol. The number of hydrogen-bond acceptors (Lipinski definition) is 5. The second-order valence-corrected chi connectivity index (χ2v) is 6.64. The van der Waals surface area contributed by atoms with Crippen LogP contribution in [0.1, 0.15) is 34.2 Å². The quantitative estimate of drug-likeness (QED) is 0.829. The van der Waals surface area contributed by atoms with Crippen LogP contribution in [0.5, 0.6) is 5.75 Å². The highest BCUT2D eigenvalue weighted by molar-refractivity contribution is 5.98. The van der Waals surface area contributed by atoms with Crippen molar-refractivity contribution >= 4 is 17.5 Å². The first-order chi connectivity index (χ1) is 13.6. The first kappa shape index (κ1) is 19.7. The zero-order chi connectivity index (χ0) is 19.9. The van der Waals surface area contributed by atoms with Crippen molar-refractivity contribution in [2.45, 2.75) is 13.3 Å². The number of nitrogens with zero attached hydrogens (tertiary/aromatic N) is 3. The molecule has 2 heterocycles. The Morgan fingerprint density at radius 1 is 1.14 bits per heavy atom. The minimum absolute atomic E-state index is 0.0772. The smallest absolute Gasteiger partial charge is 0.269 e. The average Bonchev–Trinajstić information content (AvgIpc) is 2.77. The van der Waals surface area contributed by atoms with Crippen molar-refractivity contribution < 1.29 is 14.3 Å². The fourth-order valence-electron chi connectivity index (χ4n) is 3.24. The van der Waals surface area contributed by atoms with Gasteiger partial charge in [-0.3, -0.25) is 14.6 Å². The average molecular weight is 382 g/mol. The molecule has 148 valence electrons. The maximum atomic E-state index is 12.9. The van der Waals surface area contributed by atoms with Crippen LogP contribution in [0.25, 0.3) is 0 Å². The maximum absolute atomic E-state index is 12.9. The van der Waals surface area contributed by atoms with Gasteiger partial charge >= 0.3 is 0 Å². The second kappa shape index (κ2) is 9.21. The van der Waals surface area contributed by atoms with Gasteiger partial charge in [0, 0.05) is 44.5 Å². The van der Waals surface area contributed by atoms with Crippen molar-refractivity contribution in [1.29, 1.82) is 0 Å². The van der Waals surface area contributed by atoms with Gasteiger partial charge in [-0.25, -0.2) is 0 Å². The van der Waals surface area contributed by atoms with Gasteiger partial charge in [-0.2, -0.15) is 0 Å². The van der Waals surface area contributed by atoms with Gasteiger partial charge in [-0.15, -0.1) is 0 Å². The SMILES string of the molecule is CCCNC(=O)c1cc(C(=O)N2CCN(c3ccccc3OC)CC2)ccn1. The summed E-state index contributed by atoms with van der Waals surface area (Å²) >= 11 is 0. The Labute approximate surface area is 165 Å². The van der Waals surface area contributed by atoms with Crippen LogP contribution in [0.2, 0.25) is 0 Å². The molecule has 1 aliphatic rings. The number of nitrogens with one attached hydrogen (secondary N) is 1. The lowest BCUT2D eigenvalue weighted by atomic mass is 10.1. The summed E-state index contributed by atoms with van der Waals surface area (Å²) in [6.45, 7) is 5.23. The Kier molecular flexibility index (Phi) is 6.47. The fraction of sp³-hybridized carbons (Fsp3) is 0.381. The molecule has 1 saturated heterocycles. The van der Waals surface area contributed by atoms with Gasteiger partial charge in [0.1, 0.15) is 11.4 Å². The summed E-state index contributed by atoms with van der Waals surface area (Å²) in [5.41, 5.74) is 1.80. The van der Waals surface area contributed by atoms with E-state index in [-0.39, 0.29) is 17.5 Å². The minimum Gasteiger partial charge on any atom is -0.495 e. The molecule has 1 N–H and O–H groups in total. The first-order valence-corrected chi connectivity index (χ1v) is 9.55. The van der Waals surface area contributed by atoms with Gasteiger partial charge in [0.2, 0.25) is 0 Å². The van der Waals surface area contributed by atoms with Gasteiger partial charge < -0.3 is 19.9 Å². The number of carbonyl (C=O) groups excluding carboxylic acids is 2. The number of para-hydroxylation sites is 2. The maximum Gasteiger partial charge on any atom is 0.269 e.